The summed E-state index contributed by atoms with van der Waals surface area (Å²) in [6.45, 7) is 0. The van der Waals surface area contributed by atoms with Crippen LogP contribution in [0.1, 0.15) is 20.9 Å². The molecule has 2 aromatic carbocycles. The third-order valence-electron chi connectivity index (χ3n) is 6.08. The van der Waals surface area contributed by atoms with Gasteiger partial charge in [0.05, 0.1) is 16.2 Å². The number of carbonyl (C=O) groups is 3. The van der Waals surface area contributed by atoms with E-state index in [2.05, 4.69) is 15.3 Å². The van der Waals surface area contributed by atoms with Gasteiger partial charge in [0.2, 0.25) is 5.91 Å². The van der Waals surface area contributed by atoms with Crippen molar-refractivity contribution in [1.82, 2.24) is 14.9 Å². The summed E-state index contributed by atoms with van der Waals surface area (Å²) in [5, 5.41) is 13.7. The molecule has 0 saturated carbocycles. The molecule has 2 amide bonds. The minimum absolute atomic E-state index is 0.0644. The quantitative estimate of drug-likeness (QED) is 0.102. The van der Waals surface area contributed by atoms with Crippen LogP contribution >= 0.6 is 80.5 Å². The van der Waals surface area contributed by atoms with Crippen LogP contribution in [0.5, 0.6) is 0 Å². The smallest absolute Gasteiger partial charge is 0.335 e. The molecule has 5 rings (SSSR count). The van der Waals surface area contributed by atoms with Gasteiger partial charge in [0.25, 0.3) is 5.91 Å². The van der Waals surface area contributed by atoms with Crippen LogP contribution in [-0.4, -0.2) is 48.1 Å². The van der Waals surface area contributed by atoms with Gasteiger partial charge < -0.3 is 15.4 Å². The van der Waals surface area contributed by atoms with Crippen molar-refractivity contribution in [3.05, 3.63) is 94.1 Å². The Hall–Kier alpha value is -2.74. The van der Waals surface area contributed by atoms with E-state index < -0.39 is 35.5 Å². The number of imidazole rings is 1. The van der Waals surface area contributed by atoms with Crippen molar-refractivity contribution < 1.29 is 28.3 Å². The second kappa shape index (κ2) is 12.9. The second-order valence-corrected chi connectivity index (χ2v) is 13.5. The van der Waals surface area contributed by atoms with Crippen molar-refractivity contribution in [2.24, 2.45) is 0 Å². The van der Waals surface area contributed by atoms with Gasteiger partial charge in [-0.3, -0.25) is 14.5 Å². The number of aromatic nitrogens is 2. The van der Waals surface area contributed by atoms with Crippen molar-refractivity contribution in [2.45, 2.75) is 12.5 Å². The van der Waals surface area contributed by atoms with Gasteiger partial charge in [-0.25, -0.2) is 18.6 Å². The largest absolute Gasteiger partial charge is 0.478 e. The predicted molar refractivity (Wildman–Crippen MR) is 178 cm³/mol. The normalized spacial score (nSPS) is 15.0. The SMILES string of the molecule is O=C(O)c1ccc(NC(=O)[C@H](Cc2[nH]c(I)nc2I)N2C(=O)/C(=C/c3cc(-c4ccc(F)c(F)c4)cs3)SC2=S)cc1. The van der Waals surface area contributed by atoms with Crippen LogP contribution in [0.25, 0.3) is 17.2 Å². The molecule has 214 valence electrons. The lowest BCUT2D eigenvalue weighted by atomic mass is 10.1. The van der Waals surface area contributed by atoms with Gasteiger partial charge >= 0.3 is 5.97 Å². The van der Waals surface area contributed by atoms with Crippen molar-refractivity contribution in [3.63, 3.8) is 0 Å². The fourth-order valence-corrected chi connectivity index (χ4v) is 7.94. The number of carboxylic acid groups (broad SMARTS) is 1. The number of thioether (sulfide) groups is 1. The molecule has 0 unspecified atom stereocenters. The van der Waals surface area contributed by atoms with Crippen LogP contribution in [0.4, 0.5) is 14.5 Å². The highest BCUT2D eigenvalue weighted by atomic mass is 127. The number of H-pyrrole nitrogens is 1. The molecule has 0 radical (unpaired) electrons. The number of benzene rings is 2. The number of thiocarbonyl (C=S) groups is 1. The third kappa shape index (κ3) is 6.74. The molecule has 1 atom stereocenters. The van der Waals surface area contributed by atoms with Crippen LogP contribution in [0.15, 0.2) is 58.8 Å². The molecule has 0 bridgehead atoms. The van der Waals surface area contributed by atoms with E-state index in [0.29, 0.717) is 39.8 Å². The molecule has 3 N–H and O–H groups in total. The summed E-state index contributed by atoms with van der Waals surface area (Å²) in [7, 11) is 0. The number of aromatic amines is 1. The fraction of sp³-hybridized carbons (Fsp3) is 0.0741. The molecule has 4 aromatic rings. The first-order chi connectivity index (χ1) is 20.0. The molecule has 8 nitrogen and oxygen atoms in total. The van der Waals surface area contributed by atoms with Gasteiger partial charge in [0.1, 0.15) is 14.1 Å². The highest BCUT2D eigenvalue weighted by Crippen LogP contribution is 2.37. The second-order valence-electron chi connectivity index (χ2n) is 8.81. The Morgan fingerprint density at radius 1 is 1.12 bits per heavy atom. The predicted octanol–water partition coefficient (Wildman–Crippen LogP) is 6.78. The van der Waals surface area contributed by atoms with Gasteiger partial charge in [-0.2, -0.15) is 0 Å². The van der Waals surface area contributed by atoms with E-state index in [9.17, 15) is 23.2 Å². The average Bonchev–Trinajstić information content (AvgIpc) is 3.61. The highest BCUT2D eigenvalue weighted by Gasteiger charge is 2.41. The third-order valence-corrected chi connectivity index (χ3v) is 9.69. The van der Waals surface area contributed by atoms with Crippen molar-refractivity contribution in [2.75, 3.05) is 5.32 Å². The summed E-state index contributed by atoms with van der Waals surface area (Å²) in [5.41, 5.74) is 2.22. The lowest BCUT2D eigenvalue weighted by Crippen LogP contribution is -2.48. The molecular weight excluding hydrogens is 832 g/mol. The van der Waals surface area contributed by atoms with Crippen molar-refractivity contribution >= 4 is 114 Å². The molecule has 1 saturated heterocycles. The Balaban J connectivity index is 1.42. The molecule has 1 aliphatic heterocycles. The average molecular weight is 848 g/mol. The molecule has 42 heavy (non-hydrogen) atoms. The van der Waals surface area contributed by atoms with Gasteiger partial charge in [-0.15, -0.1) is 11.3 Å². The zero-order chi connectivity index (χ0) is 30.1. The molecule has 1 fully saturated rings. The molecule has 3 heterocycles. The Bertz CT molecular complexity index is 1770. The van der Waals surface area contributed by atoms with Gasteiger partial charge in [-0.05, 0) is 110 Å². The van der Waals surface area contributed by atoms with E-state index in [4.69, 9.17) is 17.3 Å². The van der Waals surface area contributed by atoms with Crippen LogP contribution in [-0.2, 0) is 16.0 Å². The molecule has 15 heteroatoms. The number of anilines is 1. The minimum atomic E-state index is -1.10. The van der Waals surface area contributed by atoms with E-state index in [0.717, 1.165) is 23.9 Å². The number of carboxylic acids is 1. The summed E-state index contributed by atoms with van der Waals surface area (Å²) in [5.74, 6) is -3.97. The van der Waals surface area contributed by atoms with E-state index in [-0.39, 0.29) is 16.3 Å². The molecule has 2 aromatic heterocycles. The summed E-state index contributed by atoms with van der Waals surface area (Å²) in [6, 6.07) is 10.0. The summed E-state index contributed by atoms with van der Waals surface area (Å²) < 4.78 is 28.5. The summed E-state index contributed by atoms with van der Waals surface area (Å²) in [4.78, 5) is 48.2. The zero-order valence-electron chi connectivity index (χ0n) is 20.9. The van der Waals surface area contributed by atoms with E-state index in [1.807, 2.05) is 45.2 Å². The monoisotopic (exact) mass is 848 g/mol. The Morgan fingerprint density at radius 2 is 1.86 bits per heavy atom. The number of rotatable bonds is 8. The summed E-state index contributed by atoms with van der Waals surface area (Å²) in [6.07, 6.45) is 1.74. The molecule has 1 aliphatic rings. The van der Waals surface area contributed by atoms with Crippen LogP contribution in [0.2, 0.25) is 0 Å². The maximum absolute atomic E-state index is 13.7. The number of hydrogen-bond acceptors (Lipinski definition) is 7. The maximum atomic E-state index is 13.7. The lowest BCUT2D eigenvalue weighted by molar-refractivity contribution is -0.130. The van der Waals surface area contributed by atoms with E-state index in [1.165, 1.54) is 46.6 Å². The number of thiophene rings is 1. The van der Waals surface area contributed by atoms with Crippen molar-refractivity contribution in [3.8, 4) is 11.1 Å². The number of nitrogens with zero attached hydrogens (tertiary/aromatic N) is 2. The first-order valence-corrected chi connectivity index (χ1v) is 16.1. The number of carbonyl (C=O) groups excluding carboxylic acids is 2. The highest BCUT2D eigenvalue weighted by molar-refractivity contribution is 14.1. The number of aromatic carboxylic acids is 1. The minimum Gasteiger partial charge on any atom is -0.478 e. The molecule has 0 aliphatic carbocycles. The van der Waals surface area contributed by atoms with Crippen LogP contribution < -0.4 is 5.32 Å². The maximum Gasteiger partial charge on any atom is 0.335 e. The lowest BCUT2D eigenvalue weighted by Gasteiger charge is -2.25. The number of hydrogen-bond donors (Lipinski definition) is 3. The molecule has 0 spiro atoms. The van der Waals surface area contributed by atoms with E-state index in [1.54, 1.807) is 17.5 Å². The number of nitrogens with one attached hydrogen (secondary N) is 2. The Kier molecular flexibility index (Phi) is 9.41. The first-order valence-electron chi connectivity index (χ1n) is 11.8. The van der Waals surface area contributed by atoms with Crippen molar-refractivity contribution in [1.29, 1.82) is 0 Å². The Labute approximate surface area is 278 Å². The summed E-state index contributed by atoms with van der Waals surface area (Å²) >= 11 is 12.0. The fourth-order valence-electron chi connectivity index (χ4n) is 4.04. The number of amides is 2. The zero-order valence-corrected chi connectivity index (χ0v) is 27.6. The van der Waals surface area contributed by atoms with E-state index >= 15 is 0 Å². The first kappa shape index (κ1) is 30.7. The molecular formula is C27H16F2I2N4O4S3. The van der Waals surface area contributed by atoms with Crippen LogP contribution in [0, 0.1) is 19.2 Å². The van der Waals surface area contributed by atoms with Gasteiger partial charge in [0.15, 0.2) is 15.5 Å². The Morgan fingerprint density at radius 3 is 2.50 bits per heavy atom. The van der Waals surface area contributed by atoms with Gasteiger partial charge in [-0.1, -0.05) is 30.0 Å². The van der Waals surface area contributed by atoms with Gasteiger partial charge in [0, 0.05) is 17.0 Å². The topological polar surface area (TPSA) is 115 Å². The number of halogens is 4. The standard InChI is InChI=1S/C27H16F2I2N4O4S3/c28-17-6-3-13(8-18(17)29)14-7-16(41-11-14)9-21-24(37)35(27(40)42-21)20(10-19-22(30)34-26(31)33-19)23(36)32-15-4-1-12(2-5-15)25(38)39/h1-9,11,20H,10H2,(H,32,36)(H,33,34)(H,38,39)/b21-9-/t20-/m0/s1. The van der Waals surface area contributed by atoms with Crippen LogP contribution in [0.3, 0.4) is 0 Å².